The highest BCUT2D eigenvalue weighted by atomic mass is 16.3. The van der Waals surface area contributed by atoms with Crippen LogP contribution >= 0.6 is 0 Å². The fraction of sp³-hybridized carbons (Fsp3) is 0.667. The molecular weight excluding hydrogens is 160 g/mol. The van der Waals surface area contributed by atoms with Gasteiger partial charge in [-0.1, -0.05) is 31.2 Å². The maximum absolute atomic E-state index is 8.97. The number of hydrogen-bond acceptors (Lipinski definition) is 1. The van der Waals surface area contributed by atoms with Crippen molar-refractivity contribution in [3.05, 3.63) is 24.3 Å². The number of allylic oxidation sites excluding steroid dienone is 2. The zero-order valence-electron chi connectivity index (χ0n) is 8.77. The first-order valence-corrected chi connectivity index (χ1v) is 4.97. The highest BCUT2D eigenvalue weighted by molar-refractivity contribution is 5.26. The van der Waals surface area contributed by atoms with Crippen molar-refractivity contribution in [2.75, 3.05) is 6.61 Å². The summed E-state index contributed by atoms with van der Waals surface area (Å²) in [4.78, 5) is 0. The molecule has 1 aliphatic carbocycles. The van der Waals surface area contributed by atoms with E-state index in [1.54, 1.807) is 0 Å². The Morgan fingerprint density at radius 1 is 1.69 bits per heavy atom. The molecule has 74 valence electrons. The van der Waals surface area contributed by atoms with Crippen LogP contribution in [0.1, 0.15) is 33.1 Å². The Labute approximate surface area is 81.2 Å². The zero-order chi connectivity index (χ0) is 10.1. The Bertz CT molecular complexity index is 229. The van der Waals surface area contributed by atoms with Gasteiger partial charge in [-0.3, -0.25) is 0 Å². The van der Waals surface area contributed by atoms with Gasteiger partial charge in [0.15, 0.2) is 0 Å². The summed E-state index contributed by atoms with van der Waals surface area (Å²) in [5.74, 6) is 0.483. The molecule has 13 heavy (non-hydrogen) atoms. The fourth-order valence-corrected chi connectivity index (χ4v) is 2.29. The fourth-order valence-electron chi connectivity index (χ4n) is 2.29. The molecule has 2 unspecified atom stereocenters. The molecule has 0 radical (unpaired) electrons. The molecule has 0 saturated heterocycles. The second-order valence-corrected chi connectivity index (χ2v) is 4.50. The van der Waals surface area contributed by atoms with Crippen LogP contribution in [-0.4, -0.2) is 11.7 Å². The predicted octanol–water partition coefficient (Wildman–Crippen LogP) is 2.92. The lowest BCUT2D eigenvalue weighted by molar-refractivity contribution is 0.226. The van der Waals surface area contributed by atoms with Crippen molar-refractivity contribution in [3.8, 4) is 0 Å². The van der Waals surface area contributed by atoms with Gasteiger partial charge in [-0.25, -0.2) is 0 Å². The normalized spacial score (nSPS) is 33.8. The number of aliphatic hydroxyl groups excluding tert-OH is 1. The van der Waals surface area contributed by atoms with Crippen LogP contribution in [0, 0.1) is 11.3 Å². The van der Waals surface area contributed by atoms with Gasteiger partial charge in [-0.05, 0) is 31.6 Å². The molecule has 0 aromatic carbocycles. The van der Waals surface area contributed by atoms with Crippen LogP contribution in [0.2, 0.25) is 0 Å². The van der Waals surface area contributed by atoms with Crippen molar-refractivity contribution in [1.29, 1.82) is 0 Å². The lowest BCUT2D eigenvalue weighted by atomic mass is 9.79. The molecule has 1 N–H and O–H groups in total. The van der Waals surface area contributed by atoms with Gasteiger partial charge < -0.3 is 5.11 Å². The monoisotopic (exact) mass is 180 g/mol. The molecule has 0 aliphatic heterocycles. The quantitative estimate of drug-likeness (QED) is 0.662. The minimum absolute atomic E-state index is 0.151. The summed E-state index contributed by atoms with van der Waals surface area (Å²) in [6, 6.07) is 0. The van der Waals surface area contributed by atoms with Gasteiger partial charge in [0, 0.05) is 12.5 Å². The van der Waals surface area contributed by atoms with Crippen molar-refractivity contribution in [2.24, 2.45) is 11.3 Å². The smallest absolute Gasteiger partial charge is 0.0439 e. The van der Waals surface area contributed by atoms with E-state index in [0.717, 1.165) is 19.3 Å². The minimum Gasteiger partial charge on any atom is -0.396 e. The Morgan fingerprint density at radius 3 is 2.69 bits per heavy atom. The van der Waals surface area contributed by atoms with Crippen LogP contribution in [0.3, 0.4) is 0 Å². The number of hydrogen-bond donors (Lipinski definition) is 1. The van der Waals surface area contributed by atoms with E-state index in [9.17, 15) is 0 Å². The van der Waals surface area contributed by atoms with E-state index in [1.807, 2.05) is 0 Å². The van der Waals surface area contributed by atoms with E-state index >= 15 is 0 Å². The Hall–Kier alpha value is -0.560. The largest absolute Gasteiger partial charge is 0.396 e. The summed E-state index contributed by atoms with van der Waals surface area (Å²) in [7, 11) is 0. The molecule has 1 rings (SSSR count). The molecule has 0 amide bonds. The van der Waals surface area contributed by atoms with Crippen LogP contribution in [0.25, 0.3) is 0 Å². The van der Waals surface area contributed by atoms with Crippen LogP contribution in [0.4, 0.5) is 0 Å². The topological polar surface area (TPSA) is 20.2 Å². The van der Waals surface area contributed by atoms with Crippen molar-refractivity contribution >= 4 is 0 Å². The van der Waals surface area contributed by atoms with Crippen molar-refractivity contribution in [1.82, 2.24) is 0 Å². The first kappa shape index (κ1) is 10.5. The molecule has 0 bridgehead atoms. The molecular formula is C12H20O. The maximum atomic E-state index is 8.97. The van der Waals surface area contributed by atoms with Crippen LogP contribution < -0.4 is 0 Å². The van der Waals surface area contributed by atoms with E-state index in [2.05, 4.69) is 27.0 Å². The van der Waals surface area contributed by atoms with E-state index < -0.39 is 0 Å². The first-order chi connectivity index (χ1) is 6.01. The molecule has 2 atom stereocenters. The van der Waals surface area contributed by atoms with Crippen molar-refractivity contribution < 1.29 is 5.11 Å². The summed E-state index contributed by atoms with van der Waals surface area (Å²) in [5, 5.41) is 8.97. The van der Waals surface area contributed by atoms with E-state index in [1.165, 1.54) is 11.1 Å². The van der Waals surface area contributed by atoms with Gasteiger partial charge >= 0.3 is 0 Å². The van der Waals surface area contributed by atoms with Gasteiger partial charge in [0.1, 0.15) is 0 Å². The Kier molecular flexibility index (Phi) is 2.97. The first-order valence-electron chi connectivity index (χ1n) is 4.97. The molecule has 1 heteroatoms. The Balaban J connectivity index is 2.75. The zero-order valence-corrected chi connectivity index (χ0v) is 8.77. The van der Waals surface area contributed by atoms with Crippen LogP contribution in [0.5, 0.6) is 0 Å². The SMILES string of the molecule is C=C(C)C1CCC(C)(CCO)C1=C. The molecule has 0 aromatic heterocycles. The highest BCUT2D eigenvalue weighted by Crippen LogP contribution is 2.49. The minimum atomic E-state index is 0.151. The third kappa shape index (κ3) is 1.86. The van der Waals surface area contributed by atoms with Gasteiger partial charge in [0.05, 0.1) is 0 Å². The van der Waals surface area contributed by atoms with Gasteiger partial charge in [0.2, 0.25) is 0 Å². The summed E-state index contributed by atoms with van der Waals surface area (Å²) in [6.07, 6.45) is 3.14. The van der Waals surface area contributed by atoms with E-state index in [4.69, 9.17) is 5.11 Å². The summed E-state index contributed by atoms with van der Waals surface area (Å²) in [6.45, 7) is 12.7. The van der Waals surface area contributed by atoms with Gasteiger partial charge in [-0.2, -0.15) is 0 Å². The van der Waals surface area contributed by atoms with Crippen molar-refractivity contribution in [3.63, 3.8) is 0 Å². The lowest BCUT2D eigenvalue weighted by Crippen LogP contribution is -2.17. The second-order valence-electron chi connectivity index (χ2n) is 4.50. The third-order valence-electron chi connectivity index (χ3n) is 3.44. The molecule has 0 aromatic rings. The number of aliphatic hydroxyl groups is 1. The summed E-state index contributed by atoms with van der Waals surface area (Å²) >= 11 is 0. The van der Waals surface area contributed by atoms with Crippen LogP contribution in [-0.2, 0) is 0 Å². The molecule has 0 heterocycles. The summed E-state index contributed by atoms with van der Waals surface area (Å²) in [5.41, 5.74) is 2.64. The van der Waals surface area contributed by atoms with E-state index in [-0.39, 0.29) is 12.0 Å². The van der Waals surface area contributed by atoms with Crippen LogP contribution in [0.15, 0.2) is 24.3 Å². The third-order valence-corrected chi connectivity index (χ3v) is 3.44. The molecule has 1 aliphatic rings. The standard InChI is InChI=1S/C12H20O/c1-9(2)11-5-6-12(4,7-8-13)10(11)3/h11,13H,1,3,5-8H2,2,4H3. The predicted molar refractivity (Wildman–Crippen MR) is 56.5 cm³/mol. The van der Waals surface area contributed by atoms with Crippen molar-refractivity contribution in [2.45, 2.75) is 33.1 Å². The molecule has 0 spiro atoms. The van der Waals surface area contributed by atoms with Gasteiger partial charge in [-0.15, -0.1) is 0 Å². The molecule has 1 saturated carbocycles. The number of rotatable bonds is 3. The molecule has 1 nitrogen and oxygen atoms in total. The molecule has 1 fully saturated rings. The maximum Gasteiger partial charge on any atom is 0.0439 e. The van der Waals surface area contributed by atoms with E-state index in [0.29, 0.717) is 5.92 Å². The second kappa shape index (κ2) is 3.67. The van der Waals surface area contributed by atoms with Gasteiger partial charge in [0.25, 0.3) is 0 Å². The summed E-state index contributed by atoms with van der Waals surface area (Å²) < 4.78 is 0. The Morgan fingerprint density at radius 2 is 2.31 bits per heavy atom. The average Bonchev–Trinajstić information content (AvgIpc) is 2.30. The highest BCUT2D eigenvalue weighted by Gasteiger charge is 2.38. The lowest BCUT2D eigenvalue weighted by Gasteiger charge is -2.26. The average molecular weight is 180 g/mol.